The molecule has 13 heteroatoms. The molecule has 2 aliphatic rings. The van der Waals surface area contributed by atoms with Crippen molar-refractivity contribution in [3.8, 4) is 0 Å². The van der Waals surface area contributed by atoms with E-state index in [9.17, 15) is 23.4 Å². The van der Waals surface area contributed by atoms with Crippen LogP contribution in [0.5, 0.6) is 0 Å². The summed E-state index contributed by atoms with van der Waals surface area (Å²) in [6, 6.07) is 8.69. The Morgan fingerprint density at radius 1 is 1.17 bits per heavy atom. The van der Waals surface area contributed by atoms with Gasteiger partial charge >= 0.3 is 5.97 Å². The Labute approximate surface area is 206 Å². The molecular weight excluding hydrogens is 490 g/mol. The fraction of sp³-hybridized carbons (Fsp3) is 0.348. The van der Waals surface area contributed by atoms with Gasteiger partial charge in [-0.05, 0) is 25.0 Å². The number of fused-ring (bicyclic) bond motifs is 2. The molecule has 3 aromatic rings. The zero-order valence-electron chi connectivity index (χ0n) is 19.0. The Morgan fingerprint density at radius 3 is 2.81 bits per heavy atom. The number of pyridine rings is 1. The molecule has 12 nitrogen and oxygen atoms in total. The first kappa shape index (κ1) is 24.3. The third-order valence-corrected chi connectivity index (χ3v) is 7.36. The minimum absolute atomic E-state index is 0.267. The molecule has 5 N–H and O–H groups in total. The average molecular weight is 516 g/mol. The van der Waals surface area contributed by atoms with Crippen molar-refractivity contribution in [2.75, 3.05) is 12.3 Å². The predicted molar refractivity (Wildman–Crippen MR) is 128 cm³/mol. The SMILES string of the molecule is Nc1ccnc2c1ncn2[C@@H]1O[C@H](CNS(=O)(=O)/C=C/CCC2OC(=O)c3ccccc32)[C@@H](O)[C@H]1O. The molecule has 0 amide bonds. The molecule has 0 radical (unpaired) electrons. The predicted octanol–water partition coefficient (Wildman–Crippen LogP) is 0.758. The normalized spacial score (nSPS) is 26.1. The highest BCUT2D eigenvalue weighted by Gasteiger charge is 2.44. The molecule has 1 fully saturated rings. The minimum atomic E-state index is -3.85. The largest absolute Gasteiger partial charge is 0.454 e. The lowest BCUT2D eigenvalue weighted by Gasteiger charge is -2.16. The molecule has 4 heterocycles. The number of sulfonamides is 1. The second-order valence-electron chi connectivity index (χ2n) is 8.59. The standard InChI is InChI=1S/C23H25N5O7S/c24-15-8-9-25-21-18(15)26-12-28(21)22-20(30)19(29)17(34-22)11-27-36(32,33)10-4-3-7-16-13-5-1-2-6-14(13)23(31)35-16/h1-2,4-6,8-10,12,16-17,19-20,22,27,29-30H,3,7,11H2,(H2,24,25)/b10-4+/t16?,17-,19-,20-,22-/m1/s1. The molecule has 1 unspecified atom stereocenters. The van der Waals surface area contributed by atoms with Crippen LogP contribution < -0.4 is 10.5 Å². The van der Waals surface area contributed by atoms with Gasteiger partial charge in [-0.3, -0.25) is 4.57 Å². The monoisotopic (exact) mass is 515 g/mol. The fourth-order valence-electron chi connectivity index (χ4n) is 4.39. The first-order chi connectivity index (χ1) is 17.2. The van der Waals surface area contributed by atoms with Gasteiger partial charge in [-0.25, -0.2) is 27.9 Å². The Morgan fingerprint density at radius 2 is 1.97 bits per heavy atom. The maximum Gasteiger partial charge on any atom is 0.339 e. The van der Waals surface area contributed by atoms with Crippen LogP contribution in [-0.2, 0) is 19.5 Å². The number of ether oxygens (including phenoxy) is 2. The first-order valence-electron chi connectivity index (χ1n) is 11.3. The van der Waals surface area contributed by atoms with E-state index in [2.05, 4.69) is 14.7 Å². The second-order valence-corrected chi connectivity index (χ2v) is 10.2. The van der Waals surface area contributed by atoms with Crippen LogP contribution in [0.15, 0.2) is 54.3 Å². The summed E-state index contributed by atoms with van der Waals surface area (Å²) < 4.78 is 39.8. The van der Waals surface area contributed by atoms with E-state index < -0.39 is 40.7 Å². The van der Waals surface area contributed by atoms with Crippen LogP contribution >= 0.6 is 0 Å². The lowest BCUT2D eigenvalue weighted by Crippen LogP contribution is -2.39. The Bertz CT molecular complexity index is 1420. The summed E-state index contributed by atoms with van der Waals surface area (Å²) in [5.74, 6) is -0.382. The van der Waals surface area contributed by atoms with Crippen molar-refractivity contribution in [2.45, 2.75) is 43.5 Å². The van der Waals surface area contributed by atoms with Crippen LogP contribution in [-0.4, -0.2) is 64.0 Å². The number of cyclic esters (lactones) is 1. The summed E-state index contributed by atoms with van der Waals surface area (Å²) in [6.07, 6.45) is -0.00415. The number of anilines is 1. The Hall–Kier alpha value is -3.36. The summed E-state index contributed by atoms with van der Waals surface area (Å²) in [4.78, 5) is 20.3. The van der Waals surface area contributed by atoms with E-state index in [1.165, 1.54) is 23.2 Å². The maximum absolute atomic E-state index is 12.4. The van der Waals surface area contributed by atoms with E-state index in [1.807, 2.05) is 12.1 Å². The summed E-state index contributed by atoms with van der Waals surface area (Å²) in [5.41, 5.74) is 8.40. The third kappa shape index (κ3) is 4.58. The molecule has 2 aromatic heterocycles. The topological polar surface area (TPSA) is 179 Å². The van der Waals surface area contributed by atoms with E-state index in [1.54, 1.807) is 18.2 Å². The Balaban J connectivity index is 1.17. The number of aliphatic hydroxyl groups is 2. The number of nitrogens with two attached hydrogens (primary N) is 1. The molecule has 2 aliphatic heterocycles. The number of hydrogen-bond acceptors (Lipinski definition) is 10. The van der Waals surface area contributed by atoms with Gasteiger partial charge in [0, 0.05) is 23.7 Å². The van der Waals surface area contributed by atoms with Crippen molar-refractivity contribution in [2.24, 2.45) is 0 Å². The number of allylic oxidation sites excluding steroid dienone is 1. The number of aromatic nitrogens is 3. The van der Waals surface area contributed by atoms with E-state index in [-0.39, 0.29) is 12.5 Å². The molecular formula is C23H25N5O7S. The minimum Gasteiger partial charge on any atom is -0.454 e. The number of hydrogen-bond donors (Lipinski definition) is 4. The van der Waals surface area contributed by atoms with Gasteiger partial charge in [0.15, 0.2) is 11.9 Å². The number of rotatable bonds is 8. The molecule has 190 valence electrons. The number of imidazole rings is 1. The van der Waals surface area contributed by atoms with Gasteiger partial charge in [0.25, 0.3) is 0 Å². The molecule has 0 spiro atoms. The number of nitrogens with one attached hydrogen (secondary N) is 1. The lowest BCUT2D eigenvalue weighted by molar-refractivity contribution is -0.0329. The quantitative estimate of drug-likeness (QED) is 0.313. The molecule has 1 aromatic carbocycles. The summed E-state index contributed by atoms with van der Waals surface area (Å²) >= 11 is 0. The molecule has 5 atom stereocenters. The highest BCUT2D eigenvalue weighted by atomic mass is 32.2. The molecule has 0 saturated carbocycles. The van der Waals surface area contributed by atoms with Gasteiger partial charge in [-0.1, -0.05) is 24.3 Å². The fourth-order valence-corrected chi connectivity index (χ4v) is 5.27. The van der Waals surface area contributed by atoms with Crippen LogP contribution in [0, 0.1) is 0 Å². The summed E-state index contributed by atoms with van der Waals surface area (Å²) in [7, 11) is -3.85. The van der Waals surface area contributed by atoms with Gasteiger partial charge in [-0.15, -0.1) is 0 Å². The van der Waals surface area contributed by atoms with Gasteiger partial charge < -0.3 is 25.4 Å². The van der Waals surface area contributed by atoms with E-state index >= 15 is 0 Å². The number of aliphatic hydroxyl groups excluding tert-OH is 2. The van der Waals surface area contributed by atoms with Gasteiger partial charge in [0.05, 0.1) is 17.6 Å². The average Bonchev–Trinajstić information content (AvgIpc) is 3.51. The zero-order chi connectivity index (χ0) is 25.4. The van der Waals surface area contributed by atoms with Gasteiger partial charge in [0.1, 0.15) is 29.9 Å². The van der Waals surface area contributed by atoms with Crippen LogP contribution in [0.25, 0.3) is 11.2 Å². The summed E-state index contributed by atoms with van der Waals surface area (Å²) in [6.45, 7) is -0.267. The van der Waals surface area contributed by atoms with Gasteiger partial charge in [-0.2, -0.15) is 0 Å². The maximum atomic E-state index is 12.4. The van der Waals surface area contributed by atoms with E-state index in [0.717, 1.165) is 11.0 Å². The number of carbonyl (C=O) groups is 1. The van der Waals surface area contributed by atoms with Crippen molar-refractivity contribution in [1.82, 2.24) is 19.3 Å². The van der Waals surface area contributed by atoms with Crippen molar-refractivity contribution in [3.05, 3.63) is 65.5 Å². The highest BCUT2D eigenvalue weighted by molar-refractivity contribution is 7.92. The molecule has 1 saturated heterocycles. The van der Waals surface area contributed by atoms with Crippen LogP contribution in [0.1, 0.15) is 41.1 Å². The molecule has 0 bridgehead atoms. The van der Waals surface area contributed by atoms with Crippen molar-refractivity contribution in [1.29, 1.82) is 0 Å². The van der Waals surface area contributed by atoms with Crippen LogP contribution in [0.3, 0.4) is 0 Å². The number of carbonyl (C=O) groups excluding carboxylic acids is 1. The molecule has 5 rings (SSSR count). The van der Waals surface area contributed by atoms with Crippen LogP contribution in [0.4, 0.5) is 5.69 Å². The number of nitrogen functional groups attached to an aromatic ring is 1. The summed E-state index contributed by atoms with van der Waals surface area (Å²) in [5, 5.41) is 22.0. The highest BCUT2D eigenvalue weighted by Crippen LogP contribution is 2.34. The molecule has 0 aliphatic carbocycles. The number of esters is 1. The van der Waals surface area contributed by atoms with Gasteiger partial charge in [0.2, 0.25) is 10.0 Å². The van der Waals surface area contributed by atoms with E-state index in [4.69, 9.17) is 15.2 Å². The second kappa shape index (κ2) is 9.59. The number of benzene rings is 1. The third-order valence-electron chi connectivity index (χ3n) is 6.24. The smallest absolute Gasteiger partial charge is 0.339 e. The van der Waals surface area contributed by atoms with Crippen molar-refractivity contribution < 1.29 is 32.9 Å². The van der Waals surface area contributed by atoms with Crippen molar-refractivity contribution in [3.63, 3.8) is 0 Å². The Kier molecular flexibility index (Phi) is 6.49. The lowest BCUT2D eigenvalue weighted by atomic mass is 10.0. The number of nitrogens with zero attached hydrogens (tertiary/aromatic N) is 3. The zero-order valence-corrected chi connectivity index (χ0v) is 19.8. The van der Waals surface area contributed by atoms with E-state index in [0.29, 0.717) is 35.3 Å². The first-order valence-corrected chi connectivity index (χ1v) is 12.8. The molecule has 36 heavy (non-hydrogen) atoms. The van der Waals surface area contributed by atoms with Crippen molar-refractivity contribution >= 4 is 32.8 Å². The van der Waals surface area contributed by atoms with Crippen LogP contribution in [0.2, 0.25) is 0 Å².